The number of hydrogen-bond acceptors (Lipinski definition) is 2. The lowest BCUT2D eigenvalue weighted by Crippen LogP contribution is -2.60. The molecule has 0 aromatic carbocycles. The van der Waals surface area contributed by atoms with Gasteiger partial charge in [-0.2, -0.15) is 9.49 Å². The molecule has 74 valence electrons. The highest BCUT2D eigenvalue weighted by Gasteiger charge is 2.59. The van der Waals surface area contributed by atoms with E-state index >= 15 is 0 Å². The molecule has 0 unspecified atom stereocenters. The Labute approximate surface area is 79.3 Å². The second-order valence-corrected chi connectivity index (χ2v) is 4.27. The molecule has 4 nitrogen and oxygen atoms in total. The maximum absolute atomic E-state index is 13.5. The van der Waals surface area contributed by atoms with Crippen molar-refractivity contribution < 1.29 is 14.3 Å². The largest absolute Gasteiger partial charge is 0.477 e. The van der Waals surface area contributed by atoms with E-state index in [1.165, 1.54) is 4.68 Å². The van der Waals surface area contributed by atoms with Crippen LogP contribution in [0.3, 0.4) is 0 Å². The molecule has 0 amide bonds. The van der Waals surface area contributed by atoms with Crippen LogP contribution >= 0.6 is 0 Å². The average Bonchev–Trinajstić information content (AvgIpc) is 2.27. The molecule has 3 aliphatic rings. The molecule has 3 aliphatic carbocycles. The van der Waals surface area contributed by atoms with E-state index in [1.54, 1.807) is 0 Å². The Hall–Kier alpha value is -1.39. The molecule has 3 fully saturated rings. The molecule has 0 spiro atoms. The van der Waals surface area contributed by atoms with Crippen molar-refractivity contribution in [2.75, 3.05) is 0 Å². The van der Waals surface area contributed by atoms with Crippen molar-refractivity contribution in [2.24, 2.45) is 5.92 Å². The minimum absolute atomic E-state index is 0.178. The zero-order valence-electron chi connectivity index (χ0n) is 7.40. The number of aromatic carboxylic acids is 1. The molecule has 1 N–H and O–H groups in total. The summed E-state index contributed by atoms with van der Waals surface area (Å²) in [6.07, 6.45) is 3.94. The topological polar surface area (TPSA) is 55.1 Å². The Kier molecular flexibility index (Phi) is 1.23. The molecule has 1 aromatic rings. The van der Waals surface area contributed by atoms with Gasteiger partial charge in [-0.1, -0.05) is 0 Å². The van der Waals surface area contributed by atoms with E-state index in [-0.39, 0.29) is 11.1 Å². The smallest absolute Gasteiger partial charge is 0.342 e. The Bertz CT molecular complexity index is 409. The lowest BCUT2D eigenvalue weighted by atomic mass is 9.50. The van der Waals surface area contributed by atoms with Crippen molar-refractivity contribution in [2.45, 2.75) is 24.8 Å². The van der Waals surface area contributed by atoms with Gasteiger partial charge in [0.1, 0.15) is 5.56 Å². The van der Waals surface area contributed by atoms with Crippen molar-refractivity contribution in [1.29, 1.82) is 0 Å². The molecule has 0 radical (unpaired) electrons. The van der Waals surface area contributed by atoms with E-state index in [2.05, 4.69) is 5.10 Å². The molecule has 1 aromatic heterocycles. The first-order valence-electron chi connectivity index (χ1n) is 4.60. The fourth-order valence-corrected chi connectivity index (χ4v) is 2.50. The van der Waals surface area contributed by atoms with Crippen LogP contribution in [0.1, 0.15) is 29.6 Å². The summed E-state index contributed by atoms with van der Waals surface area (Å²) in [5, 5.41) is 12.5. The number of hydrogen-bond donors (Lipinski definition) is 1. The average molecular weight is 196 g/mol. The summed E-state index contributed by atoms with van der Waals surface area (Å²) in [6.45, 7) is 0. The maximum Gasteiger partial charge on any atom is 0.342 e. The van der Waals surface area contributed by atoms with Crippen LogP contribution < -0.4 is 0 Å². The summed E-state index contributed by atoms with van der Waals surface area (Å²) in [4.78, 5) is 10.6. The fraction of sp³-hybridized carbons (Fsp3) is 0.556. The van der Waals surface area contributed by atoms with Crippen LogP contribution in [0.5, 0.6) is 0 Å². The molecular weight excluding hydrogens is 187 g/mol. The Morgan fingerprint density at radius 2 is 2.29 bits per heavy atom. The van der Waals surface area contributed by atoms with Gasteiger partial charge in [-0.25, -0.2) is 9.48 Å². The monoisotopic (exact) mass is 196 g/mol. The van der Waals surface area contributed by atoms with Gasteiger partial charge in [0.15, 0.2) is 0 Å². The zero-order chi connectivity index (χ0) is 9.92. The van der Waals surface area contributed by atoms with Crippen molar-refractivity contribution in [3.05, 3.63) is 17.7 Å². The van der Waals surface area contributed by atoms with Gasteiger partial charge in [0.2, 0.25) is 5.95 Å². The van der Waals surface area contributed by atoms with Crippen LogP contribution in [-0.4, -0.2) is 20.9 Å². The minimum Gasteiger partial charge on any atom is -0.477 e. The van der Waals surface area contributed by atoms with Crippen molar-refractivity contribution in [1.82, 2.24) is 9.78 Å². The van der Waals surface area contributed by atoms with Crippen LogP contribution in [0.4, 0.5) is 4.39 Å². The number of carboxylic acids is 1. The van der Waals surface area contributed by atoms with Gasteiger partial charge in [0.05, 0.1) is 11.7 Å². The third-order valence-corrected chi connectivity index (χ3v) is 3.40. The van der Waals surface area contributed by atoms with Crippen LogP contribution in [0, 0.1) is 11.9 Å². The van der Waals surface area contributed by atoms with E-state index in [4.69, 9.17) is 5.11 Å². The molecule has 2 bridgehead atoms. The fourth-order valence-electron chi connectivity index (χ4n) is 2.50. The van der Waals surface area contributed by atoms with E-state index < -0.39 is 11.9 Å². The number of carboxylic acid groups (broad SMARTS) is 1. The maximum atomic E-state index is 13.5. The molecule has 0 saturated heterocycles. The molecule has 1 heterocycles. The molecule has 0 atom stereocenters. The van der Waals surface area contributed by atoms with Crippen LogP contribution in [0.2, 0.25) is 0 Å². The van der Waals surface area contributed by atoms with E-state index in [9.17, 15) is 9.18 Å². The number of nitrogens with zero attached hydrogens (tertiary/aromatic N) is 2. The summed E-state index contributed by atoms with van der Waals surface area (Å²) in [5.74, 6) is -1.23. The first-order valence-corrected chi connectivity index (χ1v) is 4.60. The normalized spacial score (nSPS) is 33.4. The number of halogens is 1. The molecule has 0 aliphatic heterocycles. The Morgan fingerprint density at radius 1 is 1.64 bits per heavy atom. The predicted octanol–water partition coefficient (Wildman–Crippen LogP) is 1.23. The summed E-state index contributed by atoms with van der Waals surface area (Å²) < 4.78 is 14.8. The Morgan fingerprint density at radius 3 is 2.64 bits per heavy atom. The van der Waals surface area contributed by atoms with E-state index in [1.807, 2.05) is 0 Å². The SMILES string of the molecule is O=C(O)c1cnn(C23CC(C2)C3)c1F. The van der Waals surface area contributed by atoms with Gasteiger partial charge in [0.25, 0.3) is 0 Å². The van der Waals surface area contributed by atoms with Crippen LogP contribution in [-0.2, 0) is 5.54 Å². The van der Waals surface area contributed by atoms with Gasteiger partial charge in [-0.05, 0) is 25.2 Å². The molecule has 14 heavy (non-hydrogen) atoms. The van der Waals surface area contributed by atoms with Crippen molar-refractivity contribution >= 4 is 5.97 Å². The quantitative estimate of drug-likeness (QED) is 0.773. The number of aromatic nitrogens is 2. The predicted molar refractivity (Wildman–Crippen MR) is 44.5 cm³/mol. The highest BCUT2D eigenvalue weighted by Crippen LogP contribution is 2.62. The van der Waals surface area contributed by atoms with Gasteiger partial charge < -0.3 is 5.11 Å². The summed E-state index contributed by atoms with van der Waals surface area (Å²) in [5.41, 5.74) is -0.502. The van der Waals surface area contributed by atoms with Crippen LogP contribution in [0.25, 0.3) is 0 Å². The molecule has 5 heteroatoms. The third-order valence-electron chi connectivity index (χ3n) is 3.40. The molecule has 4 rings (SSSR count). The van der Waals surface area contributed by atoms with Crippen molar-refractivity contribution in [3.8, 4) is 0 Å². The highest BCUT2D eigenvalue weighted by atomic mass is 19.1. The zero-order valence-corrected chi connectivity index (χ0v) is 7.40. The van der Waals surface area contributed by atoms with Gasteiger partial charge in [-0.15, -0.1) is 0 Å². The van der Waals surface area contributed by atoms with Crippen LogP contribution in [0.15, 0.2) is 6.20 Å². The lowest BCUT2D eigenvalue weighted by molar-refractivity contribution is -0.105. The Balaban J connectivity index is 2.03. The standard InChI is InChI=1S/C9H9FN2O2/c10-7-6(8(13)14)4-11-12(7)9-1-5(2-9)3-9/h4-5H,1-3H2,(H,13,14). The van der Waals surface area contributed by atoms with E-state index in [0.717, 1.165) is 25.5 Å². The second kappa shape index (κ2) is 2.16. The van der Waals surface area contributed by atoms with Gasteiger partial charge >= 0.3 is 5.97 Å². The second-order valence-electron chi connectivity index (χ2n) is 4.27. The van der Waals surface area contributed by atoms with Gasteiger partial charge in [0, 0.05) is 0 Å². The summed E-state index contributed by atoms with van der Waals surface area (Å²) >= 11 is 0. The third kappa shape index (κ3) is 0.731. The molecule has 3 saturated carbocycles. The summed E-state index contributed by atoms with van der Waals surface area (Å²) in [7, 11) is 0. The number of rotatable bonds is 2. The summed E-state index contributed by atoms with van der Waals surface area (Å²) in [6, 6.07) is 0. The minimum atomic E-state index is -1.25. The lowest BCUT2D eigenvalue weighted by Gasteiger charge is -2.61. The van der Waals surface area contributed by atoms with Gasteiger partial charge in [-0.3, -0.25) is 0 Å². The molecular formula is C9H9FN2O2. The first-order chi connectivity index (χ1) is 6.62. The van der Waals surface area contributed by atoms with Crippen molar-refractivity contribution in [3.63, 3.8) is 0 Å². The highest BCUT2D eigenvalue weighted by molar-refractivity contribution is 5.87. The number of carbonyl (C=O) groups is 1. The first kappa shape index (κ1) is 7.96. The van der Waals surface area contributed by atoms with E-state index in [0.29, 0.717) is 5.92 Å².